The van der Waals surface area contributed by atoms with Gasteiger partial charge in [0.2, 0.25) is 5.91 Å². The zero-order chi connectivity index (χ0) is 10.8. The van der Waals surface area contributed by atoms with E-state index >= 15 is 0 Å². The van der Waals surface area contributed by atoms with E-state index < -0.39 is 0 Å². The van der Waals surface area contributed by atoms with Gasteiger partial charge in [-0.25, -0.2) is 4.98 Å². The van der Waals surface area contributed by atoms with Crippen molar-refractivity contribution >= 4 is 17.2 Å². The molecule has 0 aliphatic carbocycles. The number of rotatable bonds is 2. The molecule has 1 aromatic rings. The van der Waals surface area contributed by atoms with Gasteiger partial charge in [-0.1, -0.05) is 0 Å². The van der Waals surface area contributed by atoms with Crippen LogP contribution in [0.1, 0.15) is 31.5 Å². The maximum Gasteiger partial charge on any atom is 0.223 e. The van der Waals surface area contributed by atoms with Crippen LogP contribution in [-0.4, -0.2) is 28.4 Å². The Morgan fingerprint density at radius 3 is 3.13 bits per heavy atom. The van der Waals surface area contributed by atoms with Crippen LogP contribution in [0.5, 0.6) is 0 Å². The van der Waals surface area contributed by atoms with Gasteiger partial charge in [0, 0.05) is 24.4 Å². The molecule has 2 rings (SSSR count). The Hall–Kier alpha value is -0.940. The molecule has 1 aromatic heterocycles. The first-order valence-electron chi connectivity index (χ1n) is 5.17. The lowest BCUT2D eigenvalue weighted by molar-refractivity contribution is -0.137. The Labute approximate surface area is 93.1 Å². The molecule has 1 aliphatic heterocycles. The SMILES string of the molecule is CCN1C(=O)CCC(N)C1c1cscn1. The fourth-order valence-electron chi connectivity index (χ4n) is 2.10. The minimum atomic E-state index is -0.0255. The van der Waals surface area contributed by atoms with Crippen LogP contribution in [0.4, 0.5) is 0 Å². The third-order valence-corrected chi connectivity index (χ3v) is 3.45. The molecule has 15 heavy (non-hydrogen) atoms. The monoisotopic (exact) mass is 225 g/mol. The average Bonchev–Trinajstić information content (AvgIpc) is 2.74. The molecule has 1 saturated heterocycles. The summed E-state index contributed by atoms with van der Waals surface area (Å²) in [6, 6.07) is -0.00718. The van der Waals surface area contributed by atoms with E-state index in [2.05, 4.69) is 4.98 Å². The molecule has 82 valence electrons. The maximum atomic E-state index is 11.7. The van der Waals surface area contributed by atoms with Crippen molar-refractivity contribution in [2.45, 2.75) is 31.8 Å². The molecule has 2 heterocycles. The Morgan fingerprint density at radius 2 is 2.53 bits per heavy atom. The van der Waals surface area contributed by atoms with Crippen LogP contribution in [-0.2, 0) is 4.79 Å². The Balaban J connectivity index is 2.28. The molecule has 2 unspecified atom stereocenters. The molecule has 5 heteroatoms. The second kappa shape index (κ2) is 4.28. The number of likely N-dealkylation sites (N-methyl/N-ethyl adjacent to an activating group) is 1. The number of carbonyl (C=O) groups excluding carboxylic acids is 1. The van der Waals surface area contributed by atoms with E-state index in [0.29, 0.717) is 13.0 Å². The van der Waals surface area contributed by atoms with Gasteiger partial charge < -0.3 is 10.6 Å². The van der Waals surface area contributed by atoms with E-state index in [1.54, 1.807) is 16.8 Å². The summed E-state index contributed by atoms with van der Waals surface area (Å²) in [5.41, 5.74) is 8.79. The molecule has 0 spiro atoms. The summed E-state index contributed by atoms with van der Waals surface area (Å²) in [5, 5.41) is 1.98. The van der Waals surface area contributed by atoms with Gasteiger partial charge in [0.05, 0.1) is 17.2 Å². The number of piperidine rings is 1. The summed E-state index contributed by atoms with van der Waals surface area (Å²) in [4.78, 5) is 17.8. The Morgan fingerprint density at radius 1 is 1.73 bits per heavy atom. The number of hydrogen-bond donors (Lipinski definition) is 1. The largest absolute Gasteiger partial charge is 0.333 e. The first kappa shape index (κ1) is 10.6. The fourth-order valence-corrected chi connectivity index (χ4v) is 2.68. The number of carbonyl (C=O) groups is 1. The number of aromatic nitrogens is 1. The Bertz CT molecular complexity index is 338. The summed E-state index contributed by atoms with van der Waals surface area (Å²) in [7, 11) is 0. The summed E-state index contributed by atoms with van der Waals surface area (Å²) >= 11 is 1.54. The van der Waals surface area contributed by atoms with Gasteiger partial charge in [0.25, 0.3) is 0 Å². The van der Waals surface area contributed by atoms with Crippen LogP contribution in [0.15, 0.2) is 10.9 Å². The van der Waals surface area contributed by atoms with E-state index in [9.17, 15) is 4.79 Å². The molecule has 1 fully saturated rings. The zero-order valence-corrected chi connectivity index (χ0v) is 9.54. The minimum absolute atomic E-state index is 0.0183. The lowest BCUT2D eigenvalue weighted by Gasteiger charge is -2.38. The highest BCUT2D eigenvalue weighted by atomic mass is 32.1. The summed E-state index contributed by atoms with van der Waals surface area (Å²) in [5.74, 6) is 0.192. The van der Waals surface area contributed by atoms with E-state index in [1.165, 1.54) is 0 Å². The number of likely N-dealkylation sites (tertiary alicyclic amines) is 1. The van der Waals surface area contributed by atoms with E-state index in [1.807, 2.05) is 17.2 Å². The lowest BCUT2D eigenvalue weighted by atomic mass is 9.94. The smallest absolute Gasteiger partial charge is 0.223 e. The predicted octanol–water partition coefficient (Wildman–Crippen LogP) is 1.15. The average molecular weight is 225 g/mol. The number of hydrogen-bond acceptors (Lipinski definition) is 4. The molecular weight excluding hydrogens is 210 g/mol. The second-order valence-electron chi connectivity index (χ2n) is 3.74. The van der Waals surface area contributed by atoms with Gasteiger partial charge in [-0.15, -0.1) is 11.3 Å². The number of thiazole rings is 1. The Kier molecular flexibility index (Phi) is 3.02. The van der Waals surface area contributed by atoms with Gasteiger partial charge in [-0.2, -0.15) is 0 Å². The first-order chi connectivity index (χ1) is 7.24. The van der Waals surface area contributed by atoms with Gasteiger partial charge in [0.1, 0.15) is 0 Å². The standard InChI is InChI=1S/C10H15N3OS/c1-2-13-9(14)4-3-7(11)10(13)8-5-15-6-12-8/h5-7,10H,2-4,11H2,1H3. The van der Waals surface area contributed by atoms with Gasteiger partial charge >= 0.3 is 0 Å². The number of amides is 1. The van der Waals surface area contributed by atoms with Crippen molar-refractivity contribution in [1.82, 2.24) is 9.88 Å². The highest BCUT2D eigenvalue weighted by molar-refractivity contribution is 7.07. The molecule has 2 atom stereocenters. The minimum Gasteiger partial charge on any atom is -0.333 e. The molecule has 0 saturated carbocycles. The van der Waals surface area contributed by atoms with Crippen LogP contribution >= 0.6 is 11.3 Å². The van der Waals surface area contributed by atoms with Gasteiger partial charge in [-0.05, 0) is 13.3 Å². The summed E-state index contributed by atoms with van der Waals surface area (Å²) in [6.45, 7) is 2.68. The third kappa shape index (κ3) is 1.89. The fraction of sp³-hybridized carbons (Fsp3) is 0.600. The van der Waals surface area contributed by atoms with Crippen molar-refractivity contribution in [3.63, 3.8) is 0 Å². The van der Waals surface area contributed by atoms with E-state index in [4.69, 9.17) is 5.73 Å². The lowest BCUT2D eigenvalue weighted by Crippen LogP contribution is -2.48. The molecule has 4 nitrogen and oxygen atoms in total. The summed E-state index contributed by atoms with van der Waals surface area (Å²) < 4.78 is 0. The van der Waals surface area contributed by atoms with Crippen LogP contribution in [0.25, 0.3) is 0 Å². The van der Waals surface area contributed by atoms with Crippen LogP contribution < -0.4 is 5.73 Å². The predicted molar refractivity (Wildman–Crippen MR) is 59.5 cm³/mol. The zero-order valence-electron chi connectivity index (χ0n) is 8.72. The molecule has 0 radical (unpaired) electrons. The van der Waals surface area contributed by atoms with Gasteiger partial charge in [-0.3, -0.25) is 4.79 Å². The molecule has 1 amide bonds. The van der Waals surface area contributed by atoms with Crippen molar-refractivity contribution in [3.8, 4) is 0 Å². The molecule has 0 aromatic carbocycles. The quantitative estimate of drug-likeness (QED) is 0.821. The van der Waals surface area contributed by atoms with Crippen molar-refractivity contribution in [1.29, 1.82) is 0 Å². The highest BCUT2D eigenvalue weighted by Crippen LogP contribution is 2.30. The van der Waals surface area contributed by atoms with Gasteiger partial charge in [0.15, 0.2) is 0 Å². The van der Waals surface area contributed by atoms with Crippen LogP contribution in [0.2, 0.25) is 0 Å². The number of nitrogens with two attached hydrogens (primary N) is 1. The van der Waals surface area contributed by atoms with Crippen molar-refractivity contribution in [2.75, 3.05) is 6.54 Å². The second-order valence-corrected chi connectivity index (χ2v) is 4.46. The molecular formula is C10H15N3OS. The third-order valence-electron chi connectivity index (χ3n) is 2.85. The summed E-state index contributed by atoms with van der Waals surface area (Å²) in [6.07, 6.45) is 1.33. The van der Waals surface area contributed by atoms with E-state index in [0.717, 1.165) is 12.1 Å². The van der Waals surface area contributed by atoms with Crippen molar-refractivity contribution in [3.05, 3.63) is 16.6 Å². The number of nitrogens with zero attached hydrogens (tertiary/aromatic N) is 2. The maximum absolute atomic E-state index is 11.7. The van der Waals surface area contributed by atoms with Crippen molar-refractivity contribution < 1.29 is 4.79 Å². The molecule has 2 N–H and O–H groups in total. The molecule has 1 aliphatic rings. The normalized spacial score (nSPS) is 27.1. The van der Waals surface area contributed by atoms with Crippen LogP contribution in [0, 0.1) is 0 Å². The molecule has 0 bridgehead atoms. The van der Waals surface area contributed by atoms with E-state index in [-0.39, 0.29) is 18.0 Å². The van der Waals surface area contributed by atoms with Crippen LogP contribution in [0.3, 0.4) is 0 Å². The topological polar surface area (TPSA) is 59.2 Å². The van der Waals surface area contributed by atoms with Crippen molar-refractivity contribution in [2.24, 2.45) is 5.73 Å². The first-order valence-corrected chi connectivity index (χ1v) is 6.11. The highest BCUT2D eigenvalue weighted by Gasteiger charge is 2.34.